The second-order valence-corrected chi connectivity index (χ2v) is 16.9. The molecule has 3 amide bonds. The van der Waals surface area contributed by atoms with Crippen LogP contribution in [-0.2, 0) is 27.9 Å². The maximum atomic E-state index is 13.6. The number of nitrogens with zero attached hydrogens (tertiary/aromatic N) is 7. The minimum atomic E-state index is -4.54. The zero-order valence-electron chi connectivity index (χ0n) is 31.2. The topological polar surface area (TPSA) is 146 Å². The van der Waals surface area contributed by atoms with E-state index in [9.17, 15) is 31.2 Å². The Morgan fingerprint density at radius 2 is 1.58 bits per heavy atom. The van der Waals surface area contributed by atoms with Gasteiger partial charge in [-0.05, 0) is 111 Å². The van der Waals surface area contributed by atoms with Gasteiger partial charge in [0.2, 0.25) is 21.7 Å². The summed E-state index contributed by atoms with van der Waals surface area (Å²) < 4.78 is 67.5. The number of nitrogens with one attached hydrogen (secondary N) is 2. The van der Waals surface area contributed by atoms with Crippen molar-refractivity contribution in [3.8, 4) is 0 Å². The fourth-order valence-corrected chi connectivity index (χ4v) is 9.33. The van der Waals surface area contributed by atoms with Crippen LogP contribution in [0, 0.1) is 5.92 Å². The molecule has 0 aliphatic carbocycles. The van der Waals surface area contributed by atoms with E-state index < -0.39 is 27.6 Å². The Bertz CT molecular complexity index is 2390. The van der Waals surface area contributed by atoms with E-state index in [2.05, 4.69) is 47.6 Å². The number of piperidine rings is 2. The van der Waals surface area contributed by atoms with Crippen LogP contribution in [0.1, 0.15) is 49.1 Å². The average molecular weight is 802 g/mol. The zero-order valence-corrected chi connectivity index (χ0v) is 32.1. The molecule has 0 spiro atoms. The van der Waals surface area contributed by atoms with Crippen molar-refractivity contribution in [3.63, 3.8) is 0 Å². The molecule has 8 rings (SSSR count). The molecular formula is C40H42F3N9O4S. The molecule has 13 nitrogen and oxygen atoms in total. The highest BCUT2D eigenvalue weighted by atomic mass is 32.2. The molecule has 57 heavy (non-hydrogen) atoms. The fraction of sp³-hybridized carbons (Fsp3) is 0.375. The highest BCUT2D eigenvalue weighted by molar-refractivity contribution is 7.91. The molecule has 0 atom stereocenters. The summed E-state index contributed by atoms with van der Waals surface area (Å²) in [5, 5.41) is 10.7. The van der Waals surface area contributed by atoms with E-state index in [1.807, 2.05) is 19.2 Å². The smallest absolute Gasteiger partial charge is 0.371 e. The quantitative estimate of drug-likeness (QED) is 0.170. The van der Waals surface area contributed by atoms with Crippen LogP contribution in [0.15, 0.2) is 88.9 Å². The summed E-state index contributed by atoms with van der Waals surface area (Å²) >= 11 is 0. The number of imide groups is 1. The van der Waals surface area contributed by atoms with Crippen molar-refractivity contribution in [2.75, 3.05) is 54.4 Å². The Kier molecular flexibility index (Phi) is 10.4. The largest absolute Gasteiger partial charge is 0.419 e. The Hall–Kier alpha value is -5.55. The van der Waals surface area contributed by atoms with Gasteiger partial charge >= 0.3 is 12.2 Å². The molecule has 2 N–H and O–H groups in total. The molecule has 3 aliphatic heterocycles. The number of anilines is 4. The molecule has 3 aromatic carbocycles. The van der Waals surface area contributed by atoms with Gasteiger partial charge in [0.1, 0.15) is 0 Å². The number of urea groups is 1. The lowest BCUT2D eigenvalue weighted by Crippen LogP contribution is -2.49. The molecule has 2 aromatic heterocycles. The summed E-state index contributed by atoms with van der Waals surface area (Å²) in [5.74, 6) is 1.24. The number of hydrogen-bond donors (Lipinski definition) is 2. The monoisotopic (exact) mass is 801 g/mol. The summed E-state index contributed by atoms with van der Waals surface area (Å²) in [7, 11) is -1.96. The number of carbonyl (C=O) groups is 2. The van der Waals surface area contributed by atoms with Crippen molar-refractivity contribution in [1.82, 2.24) is 30.0 Å². The molecule has 0 saturated carbocycles. The van der Waals surface area contributed by atoms with Crippen molar-refractivity contribution < 1.29 is 31.2 Å². The lowest BCUT2D eigenvalue weighted by molar-refractivity contribution is -0.138. The summed E-state index contributed by atoms with van der Waals surface area (Å²) in [6, 6.07) is 18.9. The molecule has 3 saturated heterocycles. The van der Waals surface area contributed by atoms with Gasteiger partial charge < -0.3 is 15.1 Å². The molecule has 0 bridgehead atoms. The number of alkyl halides is 3. The number of fused-ring (bicyclic) bond motifs is 1. The van der Waals surface area contributed by atoms with E-state index in [1.165, 1.54) is 34.7 Å². The van der Waals surface area contributed by atoms with Crippen LogP contribution in [0.3, 0.4) is 0 Å². The van der Waals surface area contributed by atoms with Crippen LogP contribution in [0.25, 0.3) is 10.9 Å². The average Bonchev–Trinajstić information content (AvgIpc) is 3.53. The van der Waals surface area contributed by atoms with Gasteiger partial charge in [-0.1, -0.05) is 12.1 Å². The van der Waals surface area contributed by atoms with E-state index in [0.717, 1.165) is 75.0 Å². The van der Waals surface area contributed by atoms with Gasteiger partial charge in [0.05, 0.1) is 20.9 Å². The summed E-state index contributed by atoms with van der Waals surface area (Å²) in [4.78, 5) is 38.2. The first-order valence-corrected chi connectivity index (χ1v) is 20.5. The fourth-order valence-electron chi connectivity index (χ4n) is 8.03. The zero-order chi connectivity index (χ0) is 39.9. The van der Waals surface area contributed by atoms with Gasteiger partial charge in [-0.25, -0.2) is 23.2 Å². The third kappa shape index (κ3) is 8.16. The summed E-state index contributed by atoms with van der Waals surface area (Å²) in [5.41, 5.74) is 2.56. The number of rotatable bonds is 9. The van der Waals surface area contributed by atoms with Crippen LogP contribution in [0.2, 0.25) is 0 Å². The molecule has 5 heterocycles. The van der Waals surface area contributed by atoms with Crippen LogP contribution in [-0.4, -0.2) is 84.3 Å². The maximum Gasteiger partial charge on any atom is 0.419 e. The van der Waals surface area contributed by atoms with Crippen molar-refractivity contribution >= 4 is 55.8 Å². The Labute approximate surface area is 327 Å². The van der Waals surface area contributed by atoms with Crippen LogP contribution in [0.5, 0.6) is 0 Å². The first kappa shape index (κ1) is 38.3. The second kappa shape index (κ2) is 15.4. The number of halogens is 3. The number of amides is 3. The molecular weight excluding hydrogens is 760 g/mol. The number of aryl methyl sites for hydroxylation is 1. The predicted molar refractivity (Wildman–Crippen MR) is 208 cm³/mol. The van der Waals surface area contributed by atoms with E-state index in [-0.39, 0.29) is 28.1 Å². The third-order valence-electron chi connectivity index (χ3n) is 11.2. The third-order valence-corrected chi connectivity index (χ3v) is 13.0. The van der Waals surface area contributed by atoms with Crippen LogP contribution >= 0.6 is 0 Å². The maximum absolute atomic E-state index is 13.6. The van der Waals surface area contributed by atoms with E-state index in [4.69, 9.17) is 0 Å². The summed E-state index contributed by atoms with van der Waals surface area (Å²) in [6.07, 6.45) is 1.20. The molecule has 3 aliphatic rings. The van der Waals surface area contributed by atoms with Crippen molar-refractivity contribution in [2.45, 2.75) is 54.0 Å². The van der Waals surface area contributed by atoms with Crippen molar-refractivity contribution in [2.24, 2.45) is 13.0 Å². The minimum Gasteiger partial charge on any atom is -0.371 e. The molecule has 17 heteroatoms. The second-order valence-electron chi connectivity index (χ2n) is 14.9. The van der Waals surface area contributed by atoms with Gasteiger partial charge in [0, 0.05) is 68.8 Å². The van der Waals surface area contributed by atoms with Crippen LogP contribution < -0.4 is 20.4 Å². The molecule has 5 aromatic rings. The van der Waals surface area contributed by atoms with Gasteiger partial charge in [0.25, 0.3) is 0 Å². The number of carbonyl (C=O) groups excluding carboxylic acids is 2. The van der Waals surface area contributed by atoms with E-state index in [0.29, 0.717) is 42.3 Å². The van der Waals surface area contributed by atoms with E-state index >= 15 is 0 Å². The molecule has 298 valence electrons. The number of likely N-dealkylation sites (tertiary alicyclic amines) is 1. The van der Waals surface area contributed by atoms with Gasteiger partial charge in [-0.2, -0.15) is 18.3 Å². The molecule has 3 fully saturated rings. The first-order valence-electron chi connectivity index (χ1n) is 19.0. The van der Waals surface area contributed by atoms with Crippen molar-refractivity contribution in [1.29, 1.82) is 0 Å². The molecule has 0 unspecified atom stereocenters. The lowest BCUT2D eigenvalue weighted by atomic mass is 9.88. The van der Waals surface area contributed by atoms with Gasteiger partial charge in [-0.15, -0.1) is 0 Å². The van der Waals surface area contributed by atoms with Gasteiger partial charge in [0.15, 0.2) is 5.82 Å². The highest BCUT2D eigenvalue weighted by Crippen LogP contribution is 2.35. The normalized spacial score (nSPS) is 18.0. The van der Waals surface area contributed by atoms with Gasteiger partial charge in [-0.3, -0.25) is 19.7 Å². The minimum absolute atomic E-state index is 0.0423. The SMILES string of the molecule is Cn1nc(N2CCC(=O)NC2=O)c2ccc(C3CCN(CC4CCN(c5cccc(S(=O)(=O)c6ccc(Nc7ncc(C(F)(F)F)cn7)cc6)c5)CC4)CC3)cc21. The predicted octanol–water partition coefficient (Wildman–Crippen LogP) is 6.50. The van der Waals surface area contributed by atoms with Crippen LogP contribution in [0.4, 0.5) is 41.1 Å². The Balaban J connectivity index is 0.827. The number of aromatic nitrogens is 4. The lowest BCUT2D eigenvalue weighted by Gasteiger charge is -2.38. The first-order chi connectivity index (χ1) is 27.3. The van der Waals surface area contributed by atoms with Crippen molar-refractivity contribution in [3.05, 3.63) is 90.3 Å². The number of hydrogen-bond acceptors (Lipinski definition) is 10. The molecule has 0 radical (unpaired) electrons. The Morgan fingerprint density at radius 1 is 0.860 bits per heavy atom. The Morgan fingerprint density at radius 3 is 2.26 bits per heavy atom. The van der Waals surface area contributed by atoms with E-state index in [1.54, 1.807) is 22.9 Å². The highest BCUT2D eigenvalue weighted by Gasteiger charge is 2.32. The summed E-state index contributed by atoms with van der Waals surface area (Å²) in [6.45, 7) is 5.04. The number of benzene rings is 3. The standard InChI is InChI=1S/C40H42F3N9O4S/c1-49-35-21-28(5-10-34(35)37(48-49)52-20-15-36(53)47-39(52)54)27-13-16-50(17-14-27)25-26-11-18-51(19-12-26)31-3-2-4-33(22-31)57(55,56)32-8-6-30(7-9-32)46-38-44-23-29(24-45-38)40(41,42)43/h2-10,21-24,26-27H,11-20,25H2,1H3,(H,44,45,46)(H,47,53,54). The number of sulfone groups is 1.